The fraction of sp³-hybridized carbons (Fsp3) is 0.318. The molecule has 0 spiro atoms. The van der Waals surface area contributed by atoms with Crippen LogP contribution < -0.4 is 4.90 Å². The number of nitrogens with zero attached hydrogens (tertiary/aromatic N) is 3. The van der Waals surface area contributed by atoms with Crippen LogP contribution in [0.15, 0.2) is 48.5 Å². The van der Waals surface area contributed by atoms with Crippen LogP contribution in [0.4, 0.5) is 10.1 Å². The summed E-state index contributed by atoms with van der Waals surface area (Å²) in [6.45, 7) is 1.41. The highest BCUT2D eigenvalue weighted by molar-refractivity contribution is 6.22. The van der Waals surface area contributed by atoms with E-state index in [0.717, 1.165) is 34.6 Å². The van der Waals surface area contributed by atoms with Crippen molar-refractivity contribution in [3.05, 3.63) is 60.2 Å². The molecule has 2 aliphatic heterocycles. The minimum atomic E-state index is -0.557. The number of piperidine rings is 1. The first-order valence-electron chi connectivity index (χ1n) is 9.92. The lowest BCUT2D eigenvalue weighted by Crippen LogP contribution is -2.45. The van der Waals surface area contributed by atoms with Gasteiger partial charge in [0, 0.05) is 5.92 Å². The quantitative estimate of drug-likeness (QED) is 0.695. The van der Waals surface area contributed by atoms with Gasteiger partial charge < -0.3 is 4.98 Å². The first-order chi connectivity index (χ1) is 14.1. The summed E-state index contributed by atoms with van der Waals surface area (Å²) >= 11 is 0. The fourth-order valence-corrected chi connectivity index (χ4v) is 4.44. The molecule has 1 N–H and O–H groups in total. The Labute approximate surface area is 167 Å². The number of rotatable bonds is 3. The standard InChI is InChI=1S/C22H21FN4O2/c23-15-5-1-4-8-18(15)27-20(28)13-19(22(27)29)26-11-9-14(10-12-26)21-24-16-6-2-3-7-17(16)25-21/h1-8,14,19H,9-13H2,(H,24,25)/t19-/m0/s1. The Morgan fingerprint density at radius 1 is 1.00 bits per heavy atom. The van der Waals surface area contributed by atoms with Crippen molar-refractivity contribution in [1.82, 2.24) is 14.9 Å². The van der Waals surface area contributed by atoms with Gasteiger partial charge in [-0.15, -0.1) is 0 Å². The molecule has 2 amide bonds. The van der Waals surface area contributed by atoms with Gasteiger partial charge in [0.1, 0.15) is 11.6 Å². The largest absolute Gasteiger partial charge is 0.342 e. The lowest BCUT2D eigenvalue weighted by molar-refractivity contribution is -0.123. The van der Waals surface area contributed by atoms with E-state index >= 15 is 0 Å². The van der Waals surface area contributed by atoms with Crippen molar-refractivity contribution in [1.29, 1.82) is 0 Å². The number of imidazole rings is 1. The van der Waals surface area contributed by atoms with Gasteiger partial charge in [0.25, 0.3) is 5.91 Å². The van der Waals surface area contributed by atoms with Gasteiger partial charge in [-0.25, -0.2) is 14.3 Å². The third-order valence-corrected chi connectivity index (χ3v) is 5.98. The Hall–Kier alpha value is -3.06. The molecule has 0 unspecified atom stereocenters. The topological polar surface area (TPSA) is 69.3 Å². The first-order valence-corrected chi connectivity index (χ1v) is 9.92. The maximum absolute atomic E-state index is 14.1. The summed E-state index contributed by atoms with van der Waals surface area (Å²) in [5.41, 5.74) is 2.03. The van der Waals surface area contributed by atoms with Crippen molar-refractivity contribution in [3.63, 3.8) is 0 Å². The van der Waals surface area contributed by atoms with Crippen molar-refractivity contribution in [2.45, 2.75) is 31.2 Å². The molecule has 29 heavy (non-hydrogen) atoms. The second-order valence-electron chi connectivity index (χ2n) is 7.69. The van der Waals surface area contributed by atoms with Gasteiger partial charge in [0.05, 0.1) is 29.2 Å². The number of benzene rings is 2. The van der Waals surface area contributed by atoms with Gasteiger partial charge in [-0.3, -0.25) is 14.5 Å². The minimum absolute atomic E-state index is 0.0437. The lowest BCUT2D eigenvalue weighted by Gasteiger charge is -2.34. The molecule has 148 valence electrons. The number of carbonyl (C=O) groups is 2. The summed E-state index contributed by atoms with van der Waals surface area (Å²) in [6.07, 6.45) is 1.82. The Morgan fingerprint density at radius 3 is 2.48 bits per heavy atom. The van der Waals surface area contributed by atoms with Crippen LogP contribution in [-0.2, 0) is 9.59 Å². The van der Waals surface area contributed by atoms with Gasteiger partial charge in [0.2, 0.25) is 5.91 Å². The van der Waals surface area contributed by atoms with Crippen molar-refractivity contribution >= 4 is 28.5 Å². The Morgan fingerprint density at radius 2 is 1.72 bits per heavy atom. The van der Waals surface area contributed by atoms with Gasteiger partial charge in [0.15, 0.2) is 0 Å². The molecule has 2 saturated heterocycles. The Kier molecular flexibility index (Phi) is 4.39. The summed E-state index contributed by atoms with van der Waals surface area (Å²) in [7, 11) is 0. The summed E-state index contributed by atoms with van der Waals surface area (Å²) in [5, 5.41) is 0. The van der Waals surface area contributed by atoms with Gasteiger partial charge in [-0.2, -0.15) is 0 Å². The van der Waals surface area contributed by atoms with E-state index in [-0.39, 0.29) is 23.9 Å². The second kappa shape index (κ2) is 7.08. The summed E-state index contributed by atoms with van der Waals surface area (Å²) in [5.74, 6) is 0.0476. The molecule has 7 heteroatoms. The Balaban J connectivity index is 1.29. The smallest absolute Gasteiger partial charge is 0.251 e. The number of carbonyl (C=O) groups excluding carboxylic acids is 2. The average Bonchev–Trinajstić information content (AvgIpc) is 3.30. The van der Waals surface area contributed by atoms with Crippen LogP contribution in [0, 0.1) is 5.82 Å². The van der Waals surface area contributed by atoms with Crippen LogP contribution in [0.2, 0.25) is 0 Å². The number of H-pyrrole nitrogens is 1. The highest BCUT2D eigenvalue weighted by Gasteiger charge is 2.44. The number of likely N-dealkylation sites (tertiary alicyclic amines) is 1. The normalized spacial score (nSPS) is 21.4. The molecule has 0 bridgehead atoms. The predicted molar refractivity (Wildman–Crippen MR) is 107 cm³/mol. The number of para-hydroxylation sites is 3. The average molecular weight is 392 g/mol. The van der Waals surface area contributed by atoms with Crippen LogP contribution in [0.1, 0.15) is 31.0 Å². The van der Waals surface area contributed by atoms with Crippen LogP contribution in [0.25, 0.3) is 11.0 Å². The number of halogens is 1. The molecule has 3 aromatic rings. The van der Waals surface area contributed by atoms with Gasteiger partial charge in [-0.05, 0) is 50.2 Å². The summed E-state index contributed by atoms with van der Waals surface area (Å²) in [4.78, 5) is 36.6. The summed E-state index contributed by atoms with van der Waals surface area (Å²) < 4.78 is 14.1. The molecule has 3 heterocycles. The van der Waals surface area contributed by atoms with E-state index in [2.05, 4.69) is 9.88 Å². The number of fused-ring (bicyclic) bond motifs is 1. The molecule has 5 rings (SSSR count). The number of amides is 2. The monoisotopic (exact) mass is 392 g/mol. The summed E-state index contributed by atoms with van der Waals surface area (Å²) in [6, 6.07) is 13.4. The number of hydrogen-bond acceptors (Lipinski definition) is 4. The zero-order valence-corrected chi connectivity index (χ0v) is 15.8. The highest BCUT2D eigenvalue weighted by atomic mass is 19.1. The lowest BCUT2D eigenvalue weighted by atomic mass is 9.95. The number of imide groups is 1. The molecular formula is C22H21FN4O2. The zero-order valence-electron chi connectivity index (χ0n) is 15.8. The number of nitrogens with one attached hydrogen (secondary N) is 1. The molecule has 1 atom stereocenters. The van der Waals surface area contributed by atoms with Crippen molar-refractivity contribution in [2.24, 2.45) is 0 Å². The van der Waals surface area contributed by atoms with E-state index in [4.69, 9.17) is 4.98 Å². The van der Waals surface area contributed by atoms with Crippen molar-refractivity contribution in [3.8, 4) is 0 Å². The predicted octanol–water partition coefficient (Wildman–Crippen LogP) is 3.21. The van der Waals surface area contributed by atoms with Gasteiger partial charge in [-0.1, -0.05) is 24.3 Å². The highest BCUT2D eigenvalue weighted by Crippen LogP contribution is 2.32. The van der Waals surface area contributed by atoms with Gasteiger partial charge >= 0.3 is 0 Å². The SMILES string of the molecule is O=C1C[C@H](N2CCC(c3nc4ccccc4[nH]3)CC2)C(=O)N1c1ccccc1F. The fourth-order valence-electron chi connectivity index (χ4n) is 4.44. The Bertz CT molecular complexity index is 1050. The number of anilines is 1. The number of hydrogen-bond donors (Lipinski definition) is 1. The molecule has 2 aliphatic rings. The molecule has 0 radical (unpaired) electrons. The molecule has 2 aromatic carbocycles. The van der Waals surface area contributed by atoms with Crippen LogP contribution in [0.5, 0.6) is 0 Å². The van der Waals surface area contributed by atoms with Crippen molar-refractivity contribution < 1.29 is 14.0 Å². The second-order valence-corrected chi connectivity index (χ2v) is 7.69. The number of aromatic nitrogens is 2. The zero-order chi connectivity index (χ0) is 20.0. The van der Waals surface area contributed by atoms with Crippen LogP contribution in [-0.4, -0.2) is 45.8 Å². The minimum Gasteiger partial charge on any atom is -0.342 e. The molecule has 2 fully saturated rings. The third kappa shape index (κ3) is 3.11. The molecule has 0 saturated carbocycles. The maximum Gasteiger partial charge on any atom is 0.251 e. The van der Waals surface area contributed by atoms with E-state index in [1.807, 2.05) is 24.3 Å². The van der Waals surface area contributed by atoms with E-state index in [1.54, 1.807) is 12.1 Å². The molecule has 0 aliphatic carbocycles. The third-order valence-electron chi connectivity index (χ3n) is 5.98. The van der Waals surface area contributed by atoms with Crippen LogP contribution >= 0.6 is 0 Å². The van der Waals surface area contributed by atoms with E-state index in [1.165, 1.54) is 12.1 Å². The molecule has 6 nitrogen and oxygen atoms in total. The number of aromatic amines is 1. The van der Waals surface area contributed by atoms with E-state index in [0.29, 0.717) is 19.0 Å². The molecule has 1 aromatic heterocycles. The van der Waals surface area contributed by atoms with Crippen LogP contribution in [0.3, 0.4) is 0 Å². The molecular weight excluding hydrogens is 371 g/mol. The maximum atomic E-state index is 14.1. The van der Waals surface area contributed by atoms with E-state index in [9.17, 15) is 14.0 Å². The van der Waals surface area contributed by atoms with Crippen molar-refractivity contribution in [2.75, 3.05) is 18.0 Å². The first kappa shape index (κ1) is 18.0. The van der Waals surface area contributed by atoms with E-state index < -0.39 is 11.9 Å².